The van der Waals surface area contributed by atoms with Gasteiger partial charge in [-0.05, 0) is 53.3 Å². The highest BCUT2D eigenvalue weighted by molar-refractivity contribution is 5.84. The van der Waals surface area contributed by atoms with Gasteiger partial charge in [-0.3, -0.25) is 4.79 Å². The van der Waals surface area contributed by atoms with Gasteiger partial charge in [-0.15, -0.1) is 0 Å². The molecule has 0 aromatic heterocycles. The Kier molecular flexibility index (Phi) is 7.24. The van der Waals surface area contributed by atoms with Crippen LogP contribution >= 0.6 is 0 Å². The van der Waals surface area contributed by atoms with E-state index < -0.39 is 0 Å². The highest BCUT2D eigenvalue weighted by atomic mass is 16.5. The van der Waals surface area contributed by atoms with Gasteiger partial charge in [0.1, 0.15) is 18.0 Å². The summed E-state index contributed by atoms with van der Waals surface area (Å²) in [7, 11) is 0. The Hall–Kier alpha value is -3.58. The molecule has 4 nitrogen and oxygen atoms in total. The molecule has 0 aliphatic carbocycles. The predicted molar refractivity (Wildman–Crippen MR) is 119 cm³/mol. The topological polar surface area (TPSA) is 62.1 Å². The Labute approximate surface area is 178 Å². The van der Waals surface area contributed by atoms with Crippen molar-refractivity contribution in [3.05, 3.63) is 84.4 Å². The third-order valence-electron chi connectivity index (χ3n) is 4.82. The minimum absolute atomic E-state index is 0.0238. The van der Waals surface area contributed by atoms with E-state index in [-0.39, 0.29) is 18.4 Å². The lowest BCUT2D eigenvalue weighted by Gasteiger charge is -2.19. The van der Waals surface area contributed by atoms with Crippen LogP contribution in [0.5, 0.6) is 11.5 Å². The van der Waals surface area contributed by atoms with Crippen LogP contribution in [0.15, 0.2) is 78.9 Å². The minimum Gasteiger partial charge on any atom is -0.457 e. The van der Waals surface area contributed by atoms with Crippen molar-refractivity contribution in [3.63, 3.8) is 0 Å². The average Bonchev–Trinajstić information content (AvgIpc) is 2.77. The molecule has 30 heavy (non-hydrogen) atoms. The Morgan fingerprint density at radius 1 is 0.933 bits per heavy atom. The van der Waals surface area contributed by atoms with Gasteiger partial charge in [-0.1, -0.05) is 68.4 Å². The number of ether oxygens (including phenoxy) is 1. The number of nitrogens with one attached hydrogen (secondary N) is 1. The second-order valence-electron chi connectivity index (χ2n) is 7.62. The van der Waals surface area contributed by atoms with Crippen molar-refractivity contribution >= 4 is 5.91 Å². The molecule has 0 heterocycles. The average molecular weight is 399 g/mol. The van der Waals surface area contributed by atoms with Gasteiger partial charge in [0, 0.05) is 0 Å². The summed E-state index contributed by atoms with van der Waals surface area (Å²) >= 11 is 0. The van der Waals surface area contributed by atoms with E-state index in [0.29, 0.717) is 5.92 Å². The number of nitriles is 1. The molecule has 0 aliphatic heterocycles. The molecule has 1 atom stereocenters. The van der Waals surface area contributed by atoms with Gasteiger partial charge >= 0.3 is 0 Å². The Morgan fingerprint density at radius 3 is 2.30 bits per heavy atom. The standard InChI is InChI=1S/C26H26N2O2/c1-19(2)17-25(26(29)28-16-15-27)22-8-6-7-21(18-22)20-11-13-24(14-12-20)30-23-9-4-3-5-10-23/h3-14,18-19,25H,16-17H2,1-2H3,(H,28,29)/t25-/m1/s1. The van der Waals surface area contributed by atoms with Crippen molar-refractivity contribution in [2.45, 2.75) is 26.2 Å². The third kappa shape index (κ3) is 5.71. The normalized spacial score (nSPS) is 11.5. The fourth-order valence-corrected chi connectivity index (χ4v) is 3.39. The fourth-order valence-electron chi connectivity index (χ4n) is 3.39. The maximum absolute atomic E-state index is 12.6. The van der Waals surface area contributed by atoms with Gasteiger partial charge in [0.15, 0.2) is 0 Å². The predicted octanol–water partition coefficient (Wildman–Crippen LogP) is 5.92. The number of hydrogen-bond acceptors (Lipinski definition) is 3. The number of hydrogen-bond donors (Lipinski definition) is 1. The number of para-hydroxylation sites is 1. The Balaban J connectivity index is 1.81. The number of rotatable bonds is 8. The smallest absolute Gasteiger partial charge is 0.228 e. The number of amides is 1. The van der Waals surface area contributed by atoms with Gasteiger partial charge < -0.3 is 10.1 Å². The van der Waals surface area contributed by atoms with Crippen LogP contribution < -0.4 is 10.1 Å². The molecule has 3 aromatic carbocycles. The van der Waals surface area contributed by atoms with E-state index in [2.05, 4.69) is 25.2 Å². The maximum Gasteiger partial charge on any atom is 0.228 e. The molecule has 0 aliphatic rings. The molecular formula is C26H26N2O2. The minimum atomic E-state index is -0.279. The van der Waals surface area contributed by atoms with E-state index in [1.807, 2.05) is 78.9 Å². The van der Waals surface area contributed by atoms with E-state index in [1.54, 1.807) is 0 Å². The van der Waals surface area contributed by atoms with Crippen molar-refractivity contribution in [2.75, 3.05) is 6.54 Å². The van der Waals surface area contributed by atoms with Crippen LogP contribution in [0.2, 0.25) is 0 Å². The molecule has 1 amide bonds. The molecule has 0 unspecified atom stereocenters. The molecule has 3 rings (SSSR count). The van der Waals surface area contributed by atoms with Crippen LogP contribution in [-0.4, -0.2) is 12.5 Å². The van der Waals surface area contributed by atoms with Crippen molar-refractivity contribution < 1.29 is 9.53 Å². The lowest BCUT2D eigenvalue weighted by atomic mass is 9.88. The highest BCUT2D eigenvalue weighted by Crippen LogP contribution is 2.30. The monoisotopic (exact) mass is 398 g/mol. The van der Waals surface area contributed by atoms with E-state index >= 15 is 0 Å². The summed E-state index contributed by atoms with van der Waals surface area (Å²) in [6, 6.07) is 27.6. The summed E-state index contributed by atoms with van der Waals surface area (Å²) in [4.78, 5) is 12.6. The van der Waals surface area contributed by atoms with Gasteiger partial charge in [-0.2, -0.15) is 5.26 Å². The van der Waals surface area contributed by atoms with Gasteiger partial charge in [0.2, 0.25) is 5.91 Å². The van der Waals surface area contributed by atoms with E-state index in [9.17, 15) is 4.79 Å². The van der Waals surface area contributed by atoms with Crippen LogP contribution in [0.1, 0.15) is 31.7 Å². The molecule has 152 valence electrons. The van der Waals surface area contributed by atoms with Gasteiger partial charge in [0.05, 0.1) is 12.0 Å². The van der Waals surface area contributed by atoms with Crippen molar-refractivity contribution in [1.82, 2.24) is 5.32 Å². The SMILES string of the molecule is CC(C)C[C@@H](C(=O)NCC#N)c1cccc(-c2ccc(Oc3ccccc3)cc2)c1. The first kappa shape index (κ1) is 21.1. The van der Waals surface area contributed by atoms with E-state index in [0.717, 1.165) is 34.6 Å². The van der Waals surface area contributed by atoms with Crippen LogP contribution in [0, 0.1) is 17.2 Å². The van der Waals surface area contributed by atoms with Crippen molar-refractivity contribution in [3.8, 4) is 28.7 Å². The number of nitrogens with zero attached hydrogens (tertiary/aromatic N) is 1. The summed E-state index contributed by atoms with van der Waals surface area (Å²) in [5.41, 5.74) is 3.06. The molecule has 0 radical (unpaired) electrons. The zero-order chi connectivity index (χ0) is 21.3. The summed E-state index contributed by atoms with van der Waals surface area (Å²) in [6.45, 7) is 4.22. The van der Waals surface area contributed by atoms with Crippen LogP contribution in [0.3, 0.4) is 0 Å². The number of carbonyl (C=O) groups excluding carboxylic acids is 1. The lowest BCUT2D eigenvalue weighted by molar-refractivity contribution is -0.122. The molecule has 0 saturated heterocycles. The molecule has 1 N–H and O–H groups in total. The summed E-state index contributed by atoms with van der Waals surface area (Å²) in [6.07, 6.45) is 0.727. The van der Waals surface area contributed by atoms with Crippen LogP contribution in [-0.2, 0) is 4.79 Å². The van der Waals surface area contributed by atoms with Crippen molar-refractivity contribution in [1.29, 1.82) is 5.26 Å². The fraction of sp³-hybridized carbons (Fsp3) is 0.231. The first-order valence-electron chi connectivity index (χ1n) is 10.1. The quantitative estimate of drug-likeness (QED) is 0.479. The van der Waals surface area contributed by atoms with Crippen LogP contribution in [0.4, 0.5) is 0 Å². The lowest BCUT2D eigenvalue weighted by Crippen LogP contribution is -2.30. The second-order valence-corrected chi connectivity index (χ2v) is 7.62. The Morgan fingerprint density at radius 2 is 1.63 bits per heavy atom. The Bertz CT molecular complexity index is 1010. The van der Waals surface area contributed by atoms with Gasteiger partial charge in [-0.25, -0.2) is 0 Å². The molecule has 0 bridgehead atoms. The van der Waals surface area contributed by atoms with Crippen LogP contribution in [0.25, 0.3) is 11.1 Å². The molecule has 0 saturated carbocycles. The zero-order valence-corrected chi connectivity index (χ0v) is 17.3. The third-order valence-corrected chi connectivity index (χ3v) is 4.82. The number of carbonyl (C=O) groups is 1. The maximum atomic E-state index is 12.6. The summed E-state index contributed by atoms with van der Waals surface area (Å²) < 4.78 is 5.86. The van der Waals surface area contributed by atoms with Gasteiger partial charge in [0.25, 0.3) is 0 Å². The number of benzene rings is 3. The molecule has 4 heteroatoms. The zero-order valence-electron chi connectivity index (χ0n) is 17.3. The van der Waals surface area contributed by atoms with Crippen molar-refractivity contribution in [2.24, 2.45) is 5.92 Å². The first-order valence-corrected chi connectivity index (χ1v) is 10.1. The molecular weight excluding hydrogens is 372 g/mol. The van der Waals surface area contributed by atoms with E-state index in [4.69, 9.17) is 10.00 Å². The molecule has 0 spiro atoms. The molecule has 0 fully saturated rings. The first-order chi connectivity index (χ1) is 14.6. The van der Waals surface area contributed by atoms with E-state index in [1.165, 1.54) is 0 Å². The molecule has 3 aromatic rings. The largest absolute Gasteiger partial charge is 0.457 e. The second kappa shape index (κ2) is 10.3. The summed E-state index contributed by atoms with van der Waals surface area (Å²) in [5.74, 6) is 1.55. The summed E-state index contributed by atoms with van der Waals surface area (Å²) in [5, 5.41) is 11.5. The highest BCUT2D eigenvalue weighted by Gasteiger charge is 2.22.